The van der Waals surface area contributed by atoms with Crippen molar-refractivity contribution in [1.82, 2.24) is 5.32 Å². The van der Waals surface area contributed by atoms with Gasteiger partial charge in [0.2, 0.25) is 5.91 Å². The lowest BCUT2D eigenvalue weighted by molar-refractivity contribution is -0.143. The van der Waals surface area contributed by atoms with Crippen LogP contribution in [0.1, 0.15) is 335 Å². The third-order valence-corrected chi connectivity index (χ3v) is 13.9. The van der Waals surface area contributed by atoms with Gasteiger partial charge in [-0.15, -0.1) is 0 Å². The summed E-state index contributed by atoms with van der Waals surface area (Å²) in [6.07, 6.45) is 62.4. The lowest BCUT2D eigenvalue weighted by atomic mass is 10.0. The van der Waals surface area contributed by atoms with E-state index in [1.54, 1.807) is 0 Å². The molecule has 6 heteroatoms. The van der Waals surface area contributed by atoms with E-state index in [4.69, 9.17) is 4.74 Å². The van der Waals surface area contributed by atoms with Crippen LogP contribution in [0.5, 0.6) is 0 Å². The van der Waals surface area contributed by atoms with Gasteiger partial charge in [0.15, 0.2) is 0 Å². The molecule has 0 bridgehead atoms. The number of amides is 1. The smallest absolute Gasteiger partial charge is 0.305 e. The Morgan fingerprint density at radius 3 is 0.953 bits per heavy atom. The summed E-state index contributed by atoms with van der Waals surface area (Å²) < 4.78 is 5.46. The predicted octanol–water partition coefficient (Wildman–Crippen LogP) is 17.9. The Morgan fingerprint density at radius 1 is 0.375 bits per heavy atom. The average molecular weight is 907 g/mol. The minimum Gasteiger partial charge on any atom is -0.466 e. The highest BCUT2D eigenvalue weighted by Crippen LogP contribution is 2.18. The summed E-state index contributed by atoms with van der Waals surface area (Å²) in [7, 11) is 0. The molecule has 0 aliphatic heterocycles. The summed E-state index contributed by atoms with van der Waals surface area (Å²) in [4.78, 5) is 24.5. The zero-order valence-electron chi connectivity index (χ0n) is 43.5. The van der Waals surface area contributed by atoms with Crippen LogP contribution in [0.25, 0.3) is 0 Å². The van der Waals surface area contributed by atoms with Crippen molar-refractivity contribution in [3.8, 4) is 0 Å². The fourth-order valence-electron chi connectivity index (χ4n) is 9.41. The van der Waals surface area contributed by atoms with Crippen LogP contribution in [0.4, 0.5) is 0 Å². The Balaban J connectivity index is 3.44. The molecule has 2 atom stereocenters. The molecule has 0 aromatic carbocycles. The minimum absolute atomic E-state index is 0.0156. The van der Waals surface area contributed by atoms with Gasteiger partial charge in [0.1, 0.15) is 0 Å². The first kappa shape index (κ1) is 62.9. The molecule has 0 spiro atoms. The fourth-order valence-corrected chi connectivity index (χ4v) is 9.41. The molecule has 0 saturated carbocycles. The standard InChI is InChI=1S/C58H115NO5/c1-3-5-7-9-11-13-15-17-18-19-20-21-22-23-24-25-26-27-29-30-34-38-42-46-50-56(61)55(54-60)59-57(62)51-47-43-39-35-32-33-37-41-45-49-53-64-58(63)52-48-44-40-36-31-28-16-14-12-10-8-6-4-2/h55-56,60-61H,3-54H2,1-2H3,(H,59,62). The van der Waals surface area contributed by atoms with Crippen LogP contribution in [0, 0.1) is 0 Å². The van der Waals surface area contributed by atoms with E-state index < -0.39 is 12.1 Å². The van der Waals surface area contributed by atoms with Crippen molar-refractivity contribution in [2.45, 2.75) is 347 Å². The van der Waals surface area contributed by atoms with Crippen molar-refractivity contribution in [2.75, 3.05) is 13.2 Å². The third kappa shape index (κ3) is 50.3. The van der Waals surface area contributed by atoms with E-state index in [-0.39, 0.29) is 18.5 Å². The zero-order chi connectivity index (χ0) is 46.5. The zero-order valence-corrected chi connectivity index (χ0v) is 43.5. The molecule has 0 heterocycles. The van der Waals surface area contributed by atoms with Gasteiger partial charge in [-0.05, 0) is 25.7 Å². The van der Waals surface area contributed by atoms with Gasteiger partial charge >= 0.3 is 5.97 Å². The first-order valence-corrected chi connectivity index (χ1v) is 29.3. The molecule has 0 fully saturated rings. The molecule has 2 unspecified atom stereocenters. The highest BCUT2D eigenvalue weighted by atomic mass is 16.5. The van der Waals surface area contributed by atoms with Gasteiger partial charge < -0.3 is 20.3 Å². The molecule has 1 amide bonds. The van der Waals surface area contributed by atoms with E-state index >= 15 is 0 Å². The number of hydrogen-bond donors (Lipinski definition) is 3. The molecule has 6 nitrogen and oxygen atoms in total. The van der Waals surface area contributed by atoms with Crippen LogP contribution >= 0.6 is 0 Å². The monoisotopic (exact) mass is 906 g/mol. The number of rotatable bonds is 55. The lowest BCUT2D eigenvalue weighted by Crippen LogP contribution is -2.45. The largest absolute Gasteiger partial charge is 0.466 e. The minimum atomic E-state index is -0.678. The number of carbonyl (C=O) groups excluding carboxylic acids is 2. The maximum atomic E-state index is 12.5. The highest BCUT2D eigenvalue weighted by molar-refractivity contribution is 5.76. The average Bonchev–Trinajstić information content (AvgIpc) is 3.29. The maximum absolute atomic E-state index is 12.5. The molecule has 0 rings (SSSR count). The second-order valence-corrected chi connectivity index (χ2v) is 20.3. The van der Waals surface area contributed by atoms with Crippen molar-refractivity contribution in [3.05, 3.63) is 0 Å². The van der Waals surface area contributed by atoms with Gasteiger partial charge in [0, 0.05) is 12.8 Å². The van der Waals surface area contributed by atoms with Gasteiger partial charge in [0.25, 0.3) is 0 Å². The van der Waals surface area contributed by atoms with Crippen molar-refractivity contribution in [3.63, 3.8) is 0 Å². The van der Waals surface area contributed by atoms with Crippen molar-refractivity contribution in [1.29, 1.82) is 0 Å². The molecule has 0 aromatic rings. The molecular formula is C58H115NO5. The Kier molecular flexibility index (Phi) is 53.5. The molecule has 382 valence electrons. The second-order valence-electron chi connectivity index (χ2n) is 20.3. The number of ether oxygens (including phenoxy) is 1. The topological polar surface area (TPSA) is 95.9 Å². The molecule has 0 aliphatic rings. The number of carbonyl (C=O) groups is 2. The van der Waals surface area contributed by atoms with Crippen molar-refractivity contribution < 1.29 is 24.5 Å². The van der Waals surface area contributed by atoms with Crippen LogP contribution < -0.4 is 5.32 Å². The molecule has 0 radical (unpaired) electrons. The number of esters is 1. The quantitative estimate of drug-likeness (QED) is 0.0417. The number of aliphatic hydroxyl groups excluding tert-OH is 2. The fraction of sp³-hybridized carbons (Fsp3) is 0.966. The molecule has 3 N–H and O–H groups in total. The Bertz CT molecular complexity index is 913. The van der Waals surface area contributed by atoms with E-state index in [0.717, 1.165) is 57.8 Å². The van der Waals surface area contributed by atoms with E-state index in [9.17, 15) is 19.8 Å². The van der Waals surface area contributed by atoms with Gasteiger partial charge in [-0.1, -0.05) is 296 Å². The van der Waals surface area contributed by atoms with Gasteiger partial charge in [-0.25, -0.2) is 0 Å². The van der Waals surface area contributed by atoms with Crippen LogP contribution in [-0.4, -0.2) is 47.4 Å². The van der Waals surface area contributed by atoms with Crippen LogP contribution in [0.2, 0.25) is 0 Å². The van der Waals surface area contributed by atoms with Crippen molar-refractivity contribution in [2.24, 2.45) is 0 Å². The van der Waals surface area contributed by atoms with Crippen LogP contribution in [0.15, 0.2) is 0 Å². The Hall–Kier alpha value is -1.14. The number of hydrogen-bond acceptors (Lipinski definition) is 5. The first-order chi connectivity index (χ1) is 31.5. The molecule has 0 aromatic heterocycles. The summed E-state index contributed by atoms with van der Waals surface area (Å²) in [5.41, 5.74) is 0. The third-order valence-electron chi connectivity index (χ3n) is 13.9. The summed E-state index contributed by atoms with van der Waals surface area (Å²) in [5, 5.41) is 23.3. The van der Waals surface area contributed by atoms with Gasteiger partial charge in [0.05, 0.1) is 25.4 Å². The molecule has 0 saturated heterocycles. The SMILES string of the molecule is CCCCCCCCCCCCCCCCCCCCCCCCCCC(O)C(CO)NC(=O)CCCCCCCCCCCCOC(=O)CCCCCCCCCCCCCCC. The molecule has 0 aliphatic carbocycles. The number of aliphatic hydroxyl groups is 2. The van der Waals surface area contributed by atoms with Gasteiger partial charge in [-0.2, -0.15) is 0 Å². The van der Waals surface area contributed by atoms with E-state index in [2.05, 4.69) is 19.2 Å². The number of nitrogens with one attached hydrogen (secondary N) is 1. The lowest BCUT2D eigenvalue weighted by Gasteiger charge is -2.22. The second kappa shape index (κ2) is 54.5. The predicted molar refractivity (Wildman–Crippen MR) is 278 cm³/mol. The Labute approximate surface area is 400 Å². The van der Waals surface area contributed by atoms with Gasteiger partial charge in [-0.3, -0.25) is 9.59 Å². The van der Waals surface area contributed by atoms with Crippen LogP contribution in [-0.2, 0) is 14.3 Å². The summed E-state index contributed by atoms with van der Waals surface area (Å²) >= 11 is 0. The highest BCUT2D eigenvalue weighted by Gasteiger charge is 2.20. The van der Waals surface area contributed by atoms with E-state index in [1.165, 1.54) is 244 Å². The Morgan fingerprint density at radius 2 is 0.641 bits per heavy atom. The van der Waals surface area contributed by atoms with Crippen LogP contribution in [0.3, 0.4) is 0 Å². The maximum Gasteiger partial charge on any atom is 0.305 e. The van der Waals surface area contributed by atoms with E-state index in [0.29, 0.717) is 25.9 Å². The number of unbranched alkanes of at least 4 members (excludes halogenated alkanes) is 44. The van der Waals surface area contributed by atoms with Crippen molar-refractivity contribution >= 4 is 11.9 Å². The normalized spacial score (nSPS) is 12.5. The molecule has 64 heavy (non-hydrogen) atoms. The summed E-state index contributed by atoms with van der Waals surface area (Å²) in [6.45, 7) is 4.93. The summed E-state index contributed by atoms with van der Waals surface area (Å²) in [5.74, 6) is -0.0684. The van der Waals surface area contributed by atoms with E-state index in [1.807, 2.05) is 0 Å². The first-order valence-electron chi connectivity index (χ1n) is 29.3. The molecular weight excluding hydrogens is 791 g/mol. The summed E-state index contributed by atoms with van der Waals surface area (Å²) in [6, 6.07) is -0.557.